The van der Waals surface area contributed by atoms with E-state index in [1.165, 1.54) is 0 Å². The molecule has 0 bridgehead atoms. The van der Waals surface area contributed by atoms with E-state index in [9.17, 15) is 4.79 Å². The Morgan fingerprint density at radius 1 is 0.842 bits per heavy atom. The van der Waals surface area contributed by atoms with Gasteiger partial charge in [0, 0.05) is 73.0 Å². The van der Waals surface area contributed by atoms with Crippen LogP contribution in [0.1, 0.15) is 20.8 Å². The maximum Gasteiger partial charge on any atom is 0.410 e. The summed E-state index contributed by atoms with van der Waals surface area (Å²) < 4.78 is 7.31. The van der Waals surface area contributed by atoms with Crippen molar-refractivity contribution in [1.29, 1.82) is 0 Å². The first-order valence-electron chi connectivity index (χ1n) is 12.7. The van der Waals surface area contributed by atoms with E-state index in [1.807, 2.05) is 92.7 Å². The van der Waals surface area contributed by atoms with Crippen molar-refractivity contribution < 1.29 is 9.53 Å². The highest BCUT2D eigenvalue weighted by Gasteiger charge is 2.26. The standard InChI is InChI=1S/C29H29N7O2/c1-29(2,3)38-28(37)35-14-12-34(13-15-35)26-9-8-20(16-31-26)21-17-32-27-24(18-33-36(27)19-21)22-10-11-30-25-7-5-4-6-23(22)25/h4-11,16-19H,12-15H2,1-3H3. The number of anilines is 1. The Morgan fingerprint density at radius 2 is 1.63 bits per heavy atom. The summed E-state index contributed by atoms with van der Waals surface area (Å²) in [5, 5.41) is 5.66. The van der Waals surface area contributed by atoms with E-state index in [1.54, 1.807) is 4.90 Å². The minimum Gasteiger partial charge on any atom is -0.444 e. The zero-order valence-corrected chi connectivity index (χ0v) is 21.7. The Bertz CT molecular complexity index is 1610. The predicted octanol–water partition coefficient (Wildman–Crippen LogP) is 5.06. The Labute approximate surface area is 220 Å². The number of fused-ring (bicyclic) bond motifs is 2. The molecule has 0 unspecified atom stereocenters. The van der Waals surface area contributed by atoms with Crippen molar-refractivity contribution in [2.75, 3.05) is 31.1 Å². The van der Waals surface area contributed by atoms with Crippen molar-refractivity contribution in [3.8, 4) is 22.3 Å². The average molecular weight is 508 g/mol. The molecule has 0 spiro atoms. The number of aromatic nitrogens is 5. The third kappa shape index (κ3) is 4.63. The van der Waals surface area contributed by atoms with Crippen molar-refractivity contribution in [1.82, 2.24) is 29.5 Å². The second-order valence-corrected chi connectivity index (χ2v) is 10.4. The number of rotatable bonds is 3. The molecule has 9 heteroatoms. The molecule has 1 aromatic carbocycles. The van der Waals surface area contributed by atoms with Crippen LogP contribution in [0.2, 0.25) is 0 Å². The van der Waals surface area contributed by atoms with Crippen LogP contribution in [0.3, 0.4) is 0 Å². The zero-order valence-electron chi connectivity index (χ0n) is 21.7. The van der Waals surface area contributed by atoms with Gasteiger partial charge in [0.25, 0.3) is 0 Å². The fraction of sp³-hybridized carbons (Fsp3) is 0.276. The van der Waals surface area contributed by atoms with Crippen molar-refractivity contribution in [3.63, 3.8) is 0 Å². The molecule has 38 heavy (non-hydrogen) atoms. The fourth-order valence-electron chi connectivity index (χ4n) is 4.73. The summed E-state index contributed by atoms with van der Waals surface area (Å²) in [5.74, 6) is 0.887. The van der Waals surface area contributed by atoms with Gasteiger partial charge in [-0.15, -0.1) is 0 Å². The van der Waals surface area contributed by atoms with Gasteiger partial charge < -0.3 is 14.5 Å². The monoisotopic (exact) mass is 507 g/mol. The van der Waals surface area contributed by atoms with Crippen molar-refractivity contribution >= 4 is 28.5 Å². The summed E-state index contributed by atoms with van der Waals surface area (Å²) >= 11 is 0. The Kier molecular flexibility index (Phi) is 5.90. The lowest BCUT2D eigenvalue weighted by Gasteiger charge is -2.36. The molecule has 4 aromatic heterocycles. The first-order chi connectivity index (χ1) is 18.4. The van der Waals surface area contributed by atoms with Crippen molar-refractivity contribution in [2.24, 2.45) is 0 Å². The summed E-state index contributed by atoms with van der Waals surface area (Å²) in [7, 11) is 0. The Balaban J connectivity index is 1.18. The number of para-hydroxylation sites is 1. The highest BCUT2D eigenvalue weighted by Crippen LogP contribution is 2.30. The van der Waals surface area contributed by atoms with Gasteiger partial charge in [0.05, 0.1) is 11.7 Å². The zero-order chi connectivity index (χ0) is 26.3. The van der Waals surface area contributed by atoms with Crippen molar-refractivity contribution in [3.05, 3.63) is 73.4 Å². The predicted molar refractivity (Wildman–Crippen MR) is 147 cm³/mol. The second kappa shape index (κ2) is 9.41. The van der Waals surface area contributed by atoms with E-state index in [4.69, 9.17) is 14.7 Å². The van der Waals surface area contributed by atoms with Crippen LogP contribution in [-0.4, -0.2) is 67.3 Å². The third-order valence-electron chi connectivity index (χ3n) is 6.63. The van der Waals surface area contributed by atoms with Gasteiger partial charge in [-0.05, 0) is 50.6 Å². The highest BCUT2D eigenvalue weighted by atomic mass is 16.6. The maximum atomic E-state index is 12.3. The number of carbonyl (C=O) groups excluding carboxylic acids is 1. The van der Waals surface area contributed by atoms with Crippen LogP contribution in [0.25, 0.3) is 38.8 Å². The van der Waals surface area contributed by atoms with Crippen LogP contribution >= 0.6 is 0 Å². The van der Waals surface area contributed by atoms with E-state index >= 15 is 0 Å². The van der Waals surface area contributed by atoms with Crippen LogP contribution in [0.4, 0.5) is 10.6 Å². The lowest BCUT2D eigenvalue weighted by molar-refractivity contribution is 0.0240. The average Bonchev–Trinajstić information content (AvgIpc) is 3.35. The first-order valence-corrected chi connectivity index (χ1v) is 12.7. The molecule has 1 fully saturated rings. The van der Waals surface area contributed by atoms with E-state index in [2.05, 4.69) is 21.0 Å². The summed E-state index contributed by atoms with van der Waals surface area (Å²) in [6, 6.07) is 14.1. The Hall–Kier alpha value is -4.53. The molecule has 9 nitrogen and oxygen atoms in total. The number of hydrogen-bond donors (Lipinski definition) is 0. The molecule has 0 radical (unpaired) electrons. The van der Waals surface area contributed by atoms with Gasteiger partial charge in [-0.1, -0.05) is 18.2 Å². The number of pyridine rings is 2. The molecule has 192 valence electrons. The van der Waals surface area contributed by atoms with Gasteiger partial charge in [0.15, 0.2) is 5.65 Å². The fourth-order valence-corrected chi connectivity index (χ4v) is 4.73. The molecular weight excluding hydrogens is 478 g/mol. The highest BCUT2D eigenvalue weighted by molar-refractivity contribution is 5.97. The topological polar surface area (TPSA) is 88.8 Å². The number of amides is 1. The number of carbonyl (C=O) groups is 1. The molecule has 1 aliphatic rings. The molecule has 1 aliphatic heterocycles. The van der Waals surface area contributed by atoms with E-state index < -0.39 is 5.60 Å². The lowest BCUT2D eigenvalue weighted by atomic mass is 10.0. The summed E-state index contributed by atoms with van der Waals surface area (Å²) in [6.07, 6.45) is 9.11. The first kappa shape index (κ1) is 23.8. The smallest absolute Gasteiger partial charge is 0.410 e. The molecule has 5 heterocycles. The third-order valence-corrected chi connectivity index (χ3v) is 6.63. The lowest BCUT2D eigenvalue weighted by Crippen LogP contribution is -2.50. The summed E-state index contributed by atoms with van der Waals surface area (Å²) in [6.45, 7) is 8.27. The van der Waals surface area contributed by atoms with Crippen LogP contribution in [0.5, 0.6) is 0 Å². The number of hydrogen-bond acceptors (Lipinski definition) is 7. The van der Waals surface area contributed by atoms with Gasteiger partial charge in [0.1, 0.15) is 11.4 Å². The van der Waals surface area contributed by atoms with Crippen LogP contribution in [0.15, 0.2) is 73.4 Å². The minimum absolute atomic E-state index is 0.262. The molecule has 0 saturated carbocycles. The van der Waals surface area contributed by atoms with Gasteiger partial charge in [-0.3, -0.25) is 4.98 Å². The number of benzene rings is 1. The van der Waals surface area contributed by atoms with Crippen LogP contribution in [-0.2, 0) is 4.74 Å². The van der Waals surface area contributed by atoms with Crippen LogP contribution in [0, 0.1) is 0 Å². The quantitative estimate of drug-likeness (QED) is 0.337. The van der Waals surface area contributed by atoms with Gasteiger partial charge in [0.2, 0.25) is 0 Å². The molecule has 1 saturated heterocycles. The Morgan fingerprint density at radius 3 is 2.39 bits per heavy atom. The van der Waals surface area contributed by atoms with Gasteiger partial charge >= 0.3 is 6.09 Å². The molecule has 1 amide bonds. The van der Waals surface area contributed by atoms with E-state index in [0.717, 1.165) is 44.6 Å². The number of piperazine rings is 1. The number of nitrogens with zero attached hydrogens (tertiary/aromatic N) is 7. The normalized spacial score (nSPS) is 14.3. The molecule has 5 aromatic rings. The minimum atomic E-state index is -0.491. The molecule has 0 N–H and O–H groups in total. The molecule has 6 rings (SSSR count). The van der Waals surface area contributed by atoms with Gasteiger partial charge in [-0.2, -0.15) is 5.10 Å². The van der Waals surface area contributed by atoms with Gasteiger partial charge in [-0.25, -0.2) is 19.3 Å². The second-order valence-electron chi connectivity index (χ2n) is 10.4. The molecular formula is C29H29N7O2. The summed E-state index contributed by atoms with van der Waals surface area (Å²) in [4.78, 5) is 30.2. The SMILES string of the molecule is CC(C)(C)OC(=O)N1CCN(c2ccc(-c3cnc4c(-c5ccnc6ccccc56)cnn4c3)cn2)CC1. The van der Waals surface area contributed by atoms with Crippen molar-refractivity contribution in [2.45, 2.75) is 26.4 Å². The summed E-state index contributed by atoms with van der Waals surface area (Å²) in [5.41, 5.74) is 5.16. The maximum absolute atomic E-state index is 12.3. The largest absolute Gasteiger partial charge is 0.444 e. The molecule has 0 aliphatic carbocycles. The molecule has 0 atom stereocenters. The number of ether oxygens (including phenoxy) is 1. The van der Waals surface area contributed by atoms with Crippen LogP contribution < -0.4 is 4.90 Å². The van der Waals surface area contributed by atoms with E-state index in [0.29, 0.717) is 26.2 Å². The van der Waals surface area contributed by atoms with E-state index in [-0.39, 0.29) is 6.09 Å².